The number of rotatable bonds is 3. The van der Waals surface area contributed by atoms with Gasteiger partial charge in [0, 0.05) is 12.0 Å². The summed E-state index contributed by atoms with van der Waals surface area (Å²) in [7, 11) is 0. The Bertz CT molecular complexity index is 622. The highest BCUT2D eigenvalue weighted by Crippen LogP contribution is 2.22. The largest absolute Gasteiger partial charge is 0.294 e. The zero-order chi connectivity index (χ0) is 15.6. The van der Waals surface area contributed by atoms with Crippen molar-refractivity contribution in [2.24, 2.45) is 0 Å². The molecule has 0 aliphatic carbocycles. The van der Waals surface area contributed by atoms with Crippen molar-refractivity contribution in [2.45, 2.75) is 46.5 Å². The van der Waals surface area contributed by atoms with E-state index in [2.05, 4.69) is 51.1 Å². The zero-order valence-corrected chi connectivity index (χ0v) is 13.7. The van der Waals surface area contributed by atoms with E-state index in [0.717, 1.165) is 22.3 Å². The molecular formula is C20H24O. The van der Waals surface area contributed by atoms with Crippen LogP contribution in [0, 0.1) is 13.8 Å². The average molecular weight is 280 g/mol. The molecule has 0 aliphatic heterocycles. The molecule has 0 unspecified atom stereocenters. The normalized spacial score (nSPS) is 11.5. The Morgan fingerprint density at radius 2 is 1.43 bits per heavy atom. The molecule has 2 aromatic rings. The fourth-order valence-corrected chi connectivity index (χ4v) is 2.55. The summed E-state index contributed by atoms with van der Waals surface area (Å²) < 4.78 is 0. The number of carbonyl (C=O) groups is 1. The summed E-state index contributed by atoms with van der Waals surface area (Å²) in [4.78, 5) is 12.4. The van der Waals surface area contributed by atoms with Crippen molar-refractivity contribution >= 4 is 5.78 Å². The van der Waals surface area contributed by atoms with Gasteiger partial charge in [0.25, 0.3) is 0 Å². The SMILES string of the molecule is Cc1cc(C)cc(C(=O)Cc2ccc(C(C)(C)C)cc2)c1. The number of hydrogen-bond acceptors (Lipinski definition) is 1. The molecule has 2 rings (SSSR count). The molecule has 21 heavy (non-hydrogen) atoms. The van der Waals surface area contributed by atoms with Crippen molar-refractivity contribution in [3.05, 3.63) is 70.3 Å². The van der Waals surface area contributed by atoms with Crippen LogP contribution in [0.1, 0.15) is 53.4 Å². The van der Waals surface area contributed by atoms with E-state index < -0.39 is 0 Å². The van der Waals surface area contributed by atoms with Gasteiger partial charge in [-0.25, -0.2) is 0 Å². The molecule has 0 bridgehead atoms. The Morgan fingerprint density at radius 1 is 0.905 bits per heavy atom. The van der Waals surface area contributed by atoms with Crippen LogP contribution in [0.2, 0.25) is 0 Å². The summed E-state index contributed by atoms with van der Waals surface area (Å²) in [5.41, 5.74) is 5.61. The van der Waals surface area contributed by atoms with E-state index in [1.54, 1.807) is 0 Å². The van der Waals surface area contributed by atoms with Crippen LogP contribution in [-0.4, -0.2) is 5.78 Å². The fraction of sp³-hybridized carbons (Fsp3) is 0.350. The van der Waals surface area contributed by atoms with Gasteiger partial charge in [-0.2, -0.15) is 0 Å². The van der Waals surface area contributed by atoms with Crippen molar-refractivity contribution in [2.75, 3.05) is 0 Å². The maximum Gasteiger partial charge on any atom is 0.167 e. The molecular weight excluding hydrogens is 256 g/mol. The van der Waals surface area contributed by atoms with Crippen molar-refractivity contribution in [1.29, 1.82) is 0 Å². The van der Waals surface area contributed by atoms with E-state index in [9.17, 15) is 4.79 Å². The standard InChI is InChI=1S/C20H24O/c1-14-10-15(2)12-17(11-14)19(21)13-16-6-8-18(9-7-16)20(3,4)5/h6-12H,13H2,1-5H3. The Labute approximate surface area is 128 Å². The topological polar surface area (TPSA) is 17.1 Å². The minimum Gasteiger partial charge on any atom is -0.294 e. The third-order valence-corrected chi connectivity index (χ3v) is 3.73. The Kier molecular flexibility index (Phi) is 4.32. The molecule has 0 aromatic heterocycles. The fourth-order valence-electron chi connectivity index (χ4n) is 2.55. The highest BCUT2D eigenvalue weighted by atomic mass is 16.1. The average Bonchev–Trinajstić information content (AvgIpc) is 2.37. The predicted molar refractivity (Wildman–Crippen MR) is 89.1 cm³/mol. The molecule has 0 aliphatic rings. The Balaban J connectivity index is 2.16. The summed E-state index contributed by atoms with van der Waals surface area (Å²) in [5, 5.41) is 0. The molecule has 0 fully saturated rings. The van der Waals surface area contributed by atoms with Crippen molar-refractivity contribution in [3.63, 3.8) is 0 Å². The van der Waals surface area contributed by atoms with Gasteiger partial charge in [-0.15, -0.1) is 0 Å². The lowest BCUT2D eigenvalue weighted by atomic mass is 9.86. The number of hydrogen-bond donors (Lipinski definition) is 0. The van der Waals surface area contributed by atoms with Crippen LogP contribution in [0.5, 0.6) is 0 Å². The lowest BCUT2D eigenvalue weighted by molar-refractivity contribution is 0.0993. The van der Waals surface area contributed by atoms with E-state index in [0.29, 0.717) is 6.42 Å². The first-order valence-electron chi connectivity index (χ1n) is 7.46. The second-order valence-electron chi connectivity index (χ2n) is 6.92. The van der Waals surface area contributed by atoms with E-state index in [1.807, 2.05) is 26.0 Å². The van der Waals surface area contributed by atoms with Gasteiger partial charge in [-0.05, 0) is 42.5 Å². The highest BCUT2D eigenvalue weighted by Gasteiger charge is 2.14. The summed E-state index contributed by atoms with van der Waals surface area (Å²) >= 11 is 0. The molecule has 0 spiro atoms. The molecule has 0 saturated carbocycles. The monoisotopic (exact) mass is 280 g/mol. The lowest BCUT2D eigenvalue weighted by Gasteiger charge is -2.19. The summed E-state index contributed by atoms with van der Waals surface area (Å²) in [6.45, 7) is 10.7. The molecule has 1 heteroatoms. The van der Waals surface area contributed by atoms with Crippen LogP contribution in [-0.2, 0) is 11.8 Å². The van der Waals surface area contributed by atoms with Crippen molar-refractivity contribution < 1.29 is 4.79 Å². The third-order valence-electron chi connectivity index (χ3n) is 3.73. The van der Waals surface area contributed by atoms with Crippen LogP contribution in [0.15, 0.2) is 42.5 Å². The van der Waals surface area contributed by atoms with Gasteiger partial charge >= 0.3 is 0 Å². The molecule has 110 valence electrons. The minimum atomic E-state index is 0.149. The van der Waals surface area contributed by atoms with Crippen LogP contribution in [0.25, 0.3) is 0 Å². The molecule has 0 amide bonds. The molecule has 1 nitrogen and oxygen atoms in total. The van der Waals surface area contributed by atoms with Gasteiger partial charge in [0.15, 0.2) is 5.78 Å². The zero-order valence-electron chi connectivity index (χ0n) is 13.7. The molecule has 0 heterocycles. The third kappa shape index (κ3) is 4.04. The lowest BCUT2D eigenvalue weighted by Crippen LogP contribution is -2.11. The highest BCUT2D eigenvalue weighted by molar-refractivity contribution is 5.97. The van der Waals surface area contributed by atoms with Crippen LogP contribution >= 0.6 is 0 Å². The summed E-state index contributed by atoms with van der Waals surface area (Å²) in [6.07, 6.45) is 0.466. The molecule has 0 atom stereocenters. The van der Waals surface area contributed by atoms with Gasteiger partial charge in [0.2, 0.25) is 0 Å². The van der Waals surface area contributed by atoms with Crippen LogP contribution in [0.3, 0.4) is 0 Å². The Hall–Kier alpha value is -1.89. The van der Waals surface area contributed by atoms with E-state index >= 15 is 0 Å². The van der Waals surface area contributed by atoms with Gasteiger partial charge in [0.05, 0.1) is 0 Å². The second-order valence-corrected chi connectivity index (χ2v) is 6.92. The number of Topliss-reactive ketones (excluding diaryl/α,β-unsaturated/α-hetero) is 1. The molecule has 0 saturated heterocycles. The van der Waals surface area contributed by atoms with Crippen LogP contribution in [0.4, 0.5) is 0 Å². The van der Waals surface area contributed by atoms with E-state index in [-0.39, 0.29) is 11.2 Å². The summed E-state index contributed by atoms with van der Waals surface area (Å²) in [5.74, 6) is 0.185. The maximum absolute atomic E-state index is 12.4. The first kappa shape index (κ1) is 15.5. The number of carbonyl (C=O) groups excluding carboxylic acids is 1. The number of aryl methyl sites for hydroxylation is 2. The van der Waals surface area contributed by atoms with Crippen molar-refractivity contribution in [1.82, 2.24) is 0 Å². The van der Waals surface area contributed by atoms with Crippen molar-refractivity contribution in [3.8, 4) is 0 Å². The maximum atomic E-state index is 12.4. The minimum absolute atomic E-state index is 0.149. The number of benzene rings is 2. The van der Waals surface area contributed by atoms with Gasteiger partial charge < -0.3 is 0 Å². The van der Waals surface area contributed by atoms with Crippen LogP contribution < -0.4 is 0 Å². The van der Waals surface area contributed by atoms with Gasteiger partial charge in [-0.3, -0.25) is 4.79 Å². The first-order valence-corrected chi connectivity index (χ1v) is 7.46. The van der Waals surface area contributed by atoms with E-state index in [4.69, 9.17) is 0 Å². The van der Waals surface area contributed by atoms with E-state index in [1.165, 1.54) is 5.56 Å². The second kappa shape index (κ2) is 5.85. The molecule has 0 radical (unpaired) electrons. The van der Waals surface area contributed by atoms with Gasteiger partial charge in [0.1, 0.15) is 0 Å². The quantitative estimate of drug-likeness (QED) is 0.721. The molecule has 0 N–H and O–H groups in total. The predicted octanol–water partition coefficient (Wildman–Crippen LogP) is 5.03. The number of ketones is 1. The summed E-state index contributed by atoms with van der Waals surface area (Å²) in [6, 6.07) is 14.4. The van der Waals surface area contributed by atoms with Gasteiger partial charge in [-0.1, -0.05) is 62.2 Å². The Morgan fingerprint density at radius 3 is 1.90 bits per heavy atom. The first-order chi connectivity index (χ1) is 9.75. The smallest absolute Gasteiger partial charge is 0.167 e. The molecule has 2 aromatic carbocycles.